The lowest BCUT2D eigenvalue weighted by Crippen LogP contribution is -2.34. The Morgan fingerprint density at radius 1 is 1.08 bits per heavy atom. The molecule has 1 heterocycles. The number of thiophene rings is 1. The topological polar surface area (TPSA) is 96.4 Å². The maximum atomic E-state index is 14.4. The SMILES string of the molecule is CCOC(=O)N(CCc1scc(CN(C)C(=O)OC(C)(C)C)c1C(=O)O)Cc1c(F)cccc1C(F)(F)F. The Hall–Kier alpha value is -3.35. The van der Waals surface area contributed by atoms with Crippen LogP contribution in [0.4, 0.5) is 27.2 Å². The standard InChI is InChI=1S/C25H30F4N2O6S/c1-6-36-23(35)31(13-16-17(25(27,28)29)8-7-9-18(16)26)11-10-19-20(21(32)33)15(14-38-19)12-30(5)22(34)37-24(2,3)4/h7-9,14H,6,10-13H2,1-5H3,(H,32,33). The normalized spacial score (nSPS) is 11.7. The van der Waals surface area contributed by atoms with Crippen LogP contribution in [0.15, 0.2) is 23.6 Å². The second kappa shape index (κ2) is 12.5. The van der Waals surface area contributed by atoms with E-state index >= 15 is 0 Å². The van der Waals surface area contributed by atoms with Crippen LogP contribution in [0.2, 0.25) is 0 Å². The lowest BCUT2D eigenvalue weighted by Gasteiger charge is -2.25. The molecule has 0 radical (unpaired) electrons. The number of alkyl halides is 3. The number of carboxylic acid groups (broad SMARTS) is 1. The first kappa shape index (κ1) is 30.9. The van der Waals surface area contributed by atoms with Crippen molar-refractivity contribution in [3.63, 3.8) is 0 Å². The van der Waals surface area contributed by atoms with Crippen molar-refractivity contribution in [1.82, 2.24) is 9.80 Å². The number of benzene rings is 1. The molecular weight excluding hydrogens is 532 g/mol. The molecule has 210 valence electrons. The van der Waals surface area contributed by atoms with E-state index in [2.05, 4.69) is 0 Å². The van der Waals surface area contributed by atoms with E-state index in [1.54, 1.807) is 26.2 Å². The van der Waals surface area contributed by atoms with Gasteiger partial charge < -0.3 is 24.4 Å². The Bertz CT molecular complexity index is 1160. The Kier molecular flexibility index (Phi) is 10.1. The molecule has 0 unspecified atom stereocenters. The zero-order chi connectivity index (χ0) is 28.8. The van der Waals surface area contributed by atoms with Gasteiger partial charge in [-0.15, -0.1) is 11.3 Å². The summed E-state index contributed by atoms with van der Waals surface area (Å²) in [7, 11) is 1.45. The predicted molar refractivity (Wildman–Crippen MR) is 132 cm³/mol. The number of nitrogens with zero attached hydrogens (tertiary/aromatic N) is 2. The summed E-state index contributed by atoms with van der Waals surface area (Å²) in [4.78, 5) is 39.3. The maximum Gasteiger partial charge on any atom is 0.416 e. The average Bonchev–Trinajstić information content (AvgIpc) is 3.18. The van der Waals surface area contributed by atoms with Crippen LogP contribution in [-0.4, -0.2) is 58.9 Å². The smallest absolute Gasteiger partial charge is 0.416 e. The number of carboxylic acids is 1. The number of aromatic carboxylic acids is 1. The average molecular weight is 563 g/mol. The summed E-state index contributed by atoms with van der Waals surface area (Å²) in [6, 6.07) is 2.51. The molecule has 0 atom stereocenters. The lowest BCUT2D eigenvalue weighted by molar-refractivity contribution is -0.138. The van der Waals surface area contributed by atoms with Gasteiger partial charge in [0.05, 0.1) is 30.8 Å². The van der Waals surface area contributed by atoms with E-state index < -0.39 is 53.4 Å². The van der Waals surface area contributed by atoms with Crippen molar-refractivity contribution in [2.45, 2.75) is 59.0 Å². The molecule has 0 saturated carbocycles. The molecule has 2 rings (SSSR count). The summed E-state index contributed by atoms with van der Waals surface area (Å²) in [6.07, 6.45) is -6.53. The van der Waals surface area contributed by atoms with Crippen molar-refractivity contribution >= 4 is 29.5 Å². The summed E-state index contributed by atoms with van der Waals surface area (Å²) in [5.74, 6) is -2.41. The third kappa shape index (κ3) is 8.33. The minimum atomic E-state index is -4.85. The monoisotopic (exact) mass is 562 g/mol. The van der Waals surface area contributed by atoms with Crippen LogP contribution >= 0.6 is 11.3 Å². The van der Waals surface area contributed by atoms with Crippen molar-refractivity contribution in [3.05, 3.63) is 56.5 Å². The van der Waals surface area contributed by atoms with E-state index in [0.29, 0.717) is 10.4 Å². The van der Waals surface area contributed by atoms with Crippen molar-refractivity contribution in [2.24, 2.45) is 0 Å². The van der Waals surface area contributed by atoms with Crippen LogP contribution in [0, 0.1) is 5.82 Å². The first-order valence-corrected chi connectivity index (χ1v) is 12.5. The fraction of sp³-hybridized carbons (Fsp3) is 0.480. The third-order valence-corrected chi connectivity index (χ3v) is 6.27. The lowest BCUT2D eigenvalue weighted by atomic mass is 10.1. The van der Waals surface area contributed by atoms with Gasteiger partial charge in [-0.3, -0.25) is 0 Å². The molecule has 8 nitrogen and oxygen atoms in total. The molecule has 0 aliphatic carbocycles. The molecule has 0 fully saturated rings. The van der Waals surface area contributed by atoms with Gasteiger partial charge in [0.2, 0.25) is 0 Å². The maximum absolute atomic E-state index is 14.4. The van der Waals surface area contributed by atoms with Crippen LogP contribution in [0.25, 0.3) is 0 Å². The van der Waals surface area contributed by atoms with Gasteiger partial charge >= 0.3 is 24.3 Å². The highest BCUT2D eigenvalue weighted by molar-refractivity contribution is 7.10. The molecule has 38 heavy (non-hydrogen) atoms. The van der Waals surface area contributed by atoms with E-state index in [0.717, 1.165) is 34.4 Å². The Morgan fingerprint density at radius 3 is 2.29 bits per heavy atom. The highest BCUT2D eigenvalue weighted by Crippen LogP contribution is 2.34. The molecule has 1 aromatic carbocycles. The van der Waals surface area contributed by atoms with E-state index in [9.17, 15) is 37.1 Å². The summed E-state index contributed by atoms with van der Waals surface area (Å²) >= 11 is 1.06. The van der Waals surface area contributed by atoms with Gasteiger partial charge in [-0.1, -0.05) is 6.07 Å². The van der Waals surface area contributed by atoms with Crippen LogP contribution < -0.4 is 0 Å². The fourth-order valence-corrected chi connectivity index (χ4v) is 4.54. The number of ether oxygens (including phenoxy) is 2. The van der Waals surface area contributed by atoms with E-state index in [1.807, 2.05) is 0 Å². The Balaban J connectivity index is 2.30. The largest absolute Gasteiger partial charge is 0.478 e. The molecule has 0 saturated heterocycles. The van der Waals surface area contributed by atoms with E-state index in [-0.39, 0.29) is 31.7 Å². The molecule has 0 aliphatic heterocycles. The van der Waals surface area contributed by atoms with Gasteiger partial charge in [-0.2, -0.15) is 13.2 Å². The predicted octanol–water partition coefficient (Wildman–Crippen LogP) is 6.17. The molecule has 1 aromatic heterocycles. The van der Waals surface area contributed by atoms with Crippen molar-refractivity contribution in [2.75, 3.05) is 20.2 Å². The Morgan fingerprint density at radius 2 is 1.74 bits per heavy atom. The van der Waals surface area contributed by atoms with Crippen molar-refractivity contribution in [3.8, 4) is 0 Å². The van der Waals surface area contributed by atoms with Crippen LogP contribution in [0.5, 0.6) is 0 Å². The number of hydrogen-bond donors (Lipinski definition) is 1. The minimum absolute atomic E-state index is 0.0585. The number of halogens is 4. The highest BCUT2D eigenvalue weighted by Gasteiger charge is 2.35. The van der Waals surface area contributed by atoms with Crippen LogP contribution in [0.1, 0.15) is 59.6 Å². The summed E-state index contributed by atoms with van der Waals surface area (Å²) in [6.45, 7) is 5.47. The molecule has 0 spiro atoms. The fourth-order valence-electron chi connectivity index (χ4n) is 3.52. The quantitative estimate of drug-likeness (QED) is 0.367. The summed E-state index contributed by atoms with van der Waals surface area (Å²) in [5, 5.41) is 11.4. The third-order valence-electron chi connectivity index (χ3n) is 5.18. The summed E-state index contributed by atoms with van der Waals surface area (Å²) < 4.78 is 65.1. The van der Waals surface area contributed by atoms with Crippen molar-refractivity contribution < 1.29 is 46.5 Å². The van der Waals surface area contributed by atoms with Gasteiger partial charge in [0, 0.05) is 30.5 Å². The molecule has 2 aromatic rings. The number of hydrogen-bond acceptors (Lipinski definition) is 6. The van der Waals surface area contributed by atoms with Crippen molar-refractivity contribution in [1.29, 1.82) is 0 Å². The molecule has 2 amide bonds. The Labute approximate surface area is 221 Å². The molecular formula is C25H30F4N2O6S. The molecule has 1 N–H and O–H groups in total. The number of carbonyl (C=O) groups is 3. The zero-order valence-corrected chi connectivity index (χ0v) is 22.5. The molecule has 0 bridgehead atoms. The van der Waals surface area contributed by atoms with E-state index in [1.165, 1.54) is 18.9 Å². The van der Waals surface area contributed by atoms with E-state index in [4.69, 9.17) is 9.47 Å². The highest BCUT2D eigenvalue weighted by atomic mass is 32.1. The van der Waals surface area contributed by atoms with Gasteiger partial charge in [0.15, 0.2) is 0 Å². The summed E-state index contributed by atoms with van der Waals surface area (Å²) in [5.41, 5.74) is -2.46. The van der Waals surface area contributed by atoms with Gasteiger partial charge in [0.25, 0.3) is 0 Å². The van der Waals surface area contributed by atoms with Gasteiger partial charge in [-0.05, 0) is 50.8 Å². The van der Waals surface area contributed by atoms with Gasteiger partial charge in [-0.25, -0.2) is 18.8 Å². The van der Waals surface area contributed by atoms with Crippen LogP contribution in [-0.2, 0) is 35.2 Å². The second-order valence-electron chi connectivity index (χ2n) is 9.33. The number of amides is 2. The number of carbonyl (C=O) groups excluding carboxylic acids is 2. The second-order valence-corrected chi connectivity index (χ2v) is 10.3. The minimum Gasteiger partial charge on any atom is -0.478 e. The van der Waals surface area contributed by atoms with Crippen LogP contribution in [0.3, 0.4) is 0 Å². The van der Waals surface area contributed by atoms with Gasteiger partial charge in [0.1, 0.15) is 11.4 Å². The number of rotatable bonds is 9. The molecule has 0 aliphatic rings. The zero-order valence-electron chi connectivity index (χ0n) is 21.6. The first-order chi connectivity index (χ1) is 17.5. The first-order valence-electron chi connectivity index (χ1n) is 11.6. The molecule has 13 heteroatoms.